The number of aliphatic hydroxyl groups excluding tert-OH is 1. The first-order valence-electron chi connectivity index (χ1n) is 7.47. The molecule has 0 aliphatic rings. The maximum absolute atomic E-state index is 12.7. The Balaban J connectivity index is 2.25. The third-order valence-corrected chi connectivity index (χ3v) is 4.65. The Bertz CT molecular complexity index is 676. The van der Waals surface area contributed by atoms with Crippen LogP contribution in [0, 0.1) is 0 Å². The summed E-state index contributed by atoms with van der Waals surface area (Å²) in [7, 11) is 0. The minimum Gasteiger partial charge on any atom is -0.480 e. The summed E-state index contributed by atoms with van der Waals surface area (Å²) in [5.74, 6) is -1.72. The number of rotatable bonds is 7. The fourth-order valence-electron chi connectivity index (χ4n) is 2.15. The van der Waals surface area contributed by atoms with Gasteiger partial charge in [0.05, 0.1) is 6.10 Å². The van der Waals surface area contributed by atoms with Crippen molar-refractivity contribution in [2.45, 2.75) is 29.2 Å². The number of hydrogen-bond donors (Lipinski definition) is 3. The summed E-state index contributed by atoms with van der Waals surface area (Å²) in [4.78, 5) is 24.8. The van der Waals surface area contributed by atoms with E-state index in [1.165, 1.54) is 18.7 Å². The minimum absolute atomic E-state index is 0.455. The van der Waals surface area contributed by atoms with Crippen molar-refractivity contribution in [2.75, 3.05) is 0 Å². The van der Waals surface area contributed by atoms with Crippen molar-refractivity contribution in [1.82, 2.24) is 5.32 Å². The van der Waals surface area contributed by atoms with E-state index in [0.29, 0.717) is 0 Å². The first kappa shape index (κ1) is 18.0. The van der Waals surface area contributed by atoms with Crippen molar-refractivity contribution in [2.24, 2.45) is 0 Å². The van der Waals surface area contributed by atoms with Crippen molar-refractivity contribution in [3.05, 3.63) is 66.2 Å². The number of thioether (sulfide) groups is 1. The number of aliphatic hydroxyl groups is 1. The van der Waals surface area contributed by atoms with Crippen LogP contribution in [0.1, 0.15) is 17.7 Å². The van der Waals surface area contributed by atoms with Gasteiger partial charge >= 0.3 is 5.97 Å². The monoisotopic (exact) mass is 345 g/mol. The maximum atomic E-state index is 12.7. The van der Waals surface area contributed by atoms with E-state index in [1.807, 2.05) is 60.7 Å². The predicted octanol–water partition coefficient (Wildman–Crippen LogP) is 2.47. The molecule has 2 aromatic rings. The molecule has 0 heterocycles. The van der Waals surface area contributed by atoms with Crippen LogP contribution < -0.4 is 5.32 Å². The van der Waals surface area contributed by atoms with E-state index in [4.69, 9.17) is 5.11 Å². The van der Waals surface area contributed by atoms with Gasteiger partial charge in [-0.25, -0.2) is 4.79 Å². The first-order chi connectivity index (χ1) is 11.5. The van der Waals surface area contributed by atoms with Crippen LogP contribution in [0.15, 0.2) is 65.6 Å². The van der Waals surface area contributed by atoms with Gasteiger partial charge in [0.15, 0.2) is 6.04 Å². The van der Waals surface area contributed by atoms with Crippen molar-refractivity contribution in [3.63, 3.8) is 0 Å². The maximum Gasteiger partial charge on any atom is 0.328 e. The number of amides is 1. The second-order valence-electron chi connectivity index (χ2n) is 5.29. The number of aliphatic carboxylic acids is 1. The number of carboxylic acid groups (broad SMARTS) is 1. The summed E-state index contributed by atoms with van der Waals surface area (Å²) >= 11 is 1.33. The zero-order valence-corrected chi connectivity index (χ0v) is 13.9. The molecule has 0 spiro atoms. The van der Waals surface area contributed by atoms with E-state index in [0.717, 1.165) is 10.5 Å². The third-order valence-electron chi connectivity index (χ3n) is 3.38. The fourth-order valence-corrected chi connectivity index (χ4v) is 3.21. The lowest BCUT2D eigenvalue weighted by Crippen LogP contribution is -2.48. The molecule has 0 aromatic heterocycles. The summed E-state index contributed by atoms with van der Waals surface area (Å²) in [6.45, 7) is 1.33. The largest absolute Gasteiger partial charge is 0.480 e. The molecule has 2 rings (SSSR count). The number of carbonyl (C=O) groups is 2. The Morgan fingerprint density at radius 3 is 2.04 bits per heavy atom. The Morgan fingerprint density at radius 1 is 1.00 bits per heavy atom. The quantitative estimate of drug-likeness (QED) is 0.671. The Hall–Kier alpha value is -2.31. The third kappa shape index (κ3) is 4.84. The van der Waals surface area contributed by atoms with Crippen LogP contribution in [0.2, 0.25) is 0 Å². The molecule has 2 aromatic carbocycles. The molecular weight excluding hydrogens is 326 g/mol. The average Bonchev–Trinajstić information content (AvgIpc) is 2.58. The lowest BCUT2D eigenvalue weighted by Gasteiger charge is -2.22. The van der Waals surface area contributed by atoms with Crippen LogP contribution in [-0.4, -0.2) is 34.2 Å². The van der Waals surface area contributed by atoms with Crippen LogP contribution in [0.25, 0.3) is 0 Å². The number of carboxylic acids is 1. The molecule has 0 saturated carbocycles. The topological polar surface area (TPSA) is 86.6 Å². The van der Waals surface area contributed by atoms with E-state index < -0.39 is 29.3 Å². The summed E-state index contributed by atoms with van der Waals surface area (Å²) in [5, 5.41) is 20.5. The molecule has 0 aliphatic carbocycles. The van der Waals surface area contributed by atoms with Gasteiger partial charge in [-0.05, 0) is 24.6 Å². The van der Waals surface area contributed by atoms with Crippen LogP contribution in [0.4, 0.5) is 0 Å². The van der Waals surface area contributed by atoms with Gasteiger partial charge in [0, 0.05) is 4.90 Å². The lowest BCUT2D eigenvalue weighted by molar-refractivity contribution is -0.144. The lowest BCUT2D eigenvalue weighted by atomic mass is 10.1. The first-order valence-corrected chi connectivity index (χ1v) is 8.35. The molecule has 3 atom stereocenters. The van der Waals surface area contributed by atoms with Gasteiger partial charge in [0.2, 0.25) is 5.91 Å². The van der Waals surface area contributed by atoms with Crippen molar-refractivity contribution in [1.29, 1.82) is 0 Å². The van der Waals surface area contributed by atoms with Gasteiger partial charge < -0.3 is 15.5 Å². The predicted molar refractivity (Wildman–Crippen MR) is 92.7 cm³/mol. The molecule has 24 heavy (non-hydrogen) atoms. The highest BCUT2D eigenvalue weighted by Gasteiger charge is 2.29. The molecule has 5 nitrogen and oxygen atoms in total. The zero-order valence-electron chi connectivity index (χ0n) is 13.1. The number of benzene rings is 2. The van der Waals surface area contributed by atoms with E-state index in [1.54, 1.807) is 0 Å². The molecule has 1 amide bonds. The van der Waals surface area contributed by atoms with Crippen molar-refractivity contribution >= 4 is 23.6 Å². The van der Waals surface area contributed by atoms with Crippen LogP contribution in [0.5, 0.6) is 0 Å². The Labute approximate surface area is 144 Å². The normalized spacial score (nSPS) is 14.4. The molecule has 0 saturated heterocycles. The van der Waals surface area contributed by atoms with Crippen molar-refractivity contribution < 1.29 is 19.8 Å². The second-order valence-corrected chi connectivity index (χ2v) is 6.47. The molecule has 0 bridgehead atoms. The molecule has 0 unspecified atom stereocenters. The van der Waals surface area contributed by atoms with Gasteiger partial charge in [-0.1, -0.05) is 48.5 Å². The highest BCUT2D eigenvalue weighted by molar-refractivity contribution is 8.00. The highest BCUT2D eigenvalue weighted by Crippen LogP contribution is 2.35. The van der Waals surface area contributed by atoms with Gasteiger partial charge in [0.25, 0.3) is 0 Å². The van der Waals surface area contributed by atoms with E-state index in [9.17, 15) is 14.7 Å². The Morgan fingerprint density at radius 2 is 1.54 bits per heavy atom. The van der Waals surface area contributed by atoms with E-state index in [2.05, 4.69) is 5.32 Å². The second kappa shape index (κ2) is 8.52. The number of nitrogens with one attached hydrogen (secondary N) is 1. The summed E-state index contributed by atoms with van der Waals surface area (Å²) in [6, 6.07) is 17.2. The molecule has 6 heteroatoms. The zero-order chi connectivity index (χ0) is 17.5. The average molecular weight is 345 g/mol. The smallest absolute Gasteiger partial charge is 0.328 e. The van der Waals surface area contributed by atoms with Gasteiger partial charge in [0.1, 0.15) is 5.25 Å². The molecule has 126 valence electrons. The molecular formula is C18H19NO4S. The molecule has 0 aliphatic heterocycles. The Kier molecular flexibility index (Phi) is 6.40. The van der Waals surface area contributed by atoms with Crippen LogP contribution >= 0.6 is 11.8 Å². The van der Waals surface area contributed by atoms with E-state index >= 15 is 0 Å². The summed E-state index contributed by atoms with van der Waals surface area (Å²) < 4.78 is 0. The number of carbonyl (C=O) groups excluding carboxylic acids is 1. The highest BCUT2D eigenvalue weighted by atomic mass is 32.2. The van der Waals surface area contributed by atoms with Crippen LogP contribution in [-0.2, 0) is 9.59 Å². The molecule has 0 radical (unpaired) electrons. The number of hydrogen-bond acceptors (Lipinski definition) is 4. The standard InChI is InChI=1S/C18H19NO4S/c1-12(20)15(18(22)23)19-17(21)16(13-8-4-2-5-9-13)24-14-10-6-3-7-11-14/h2-12,15-16,20H,1H3,(H,19,21)(H,22,23)/t12-,15+,16-/m0/s1. The SMILES string of the molecule is C[C@H](O)[C@@H](NC(=O)[C@@H](Sc1ccccc1)c1ccccc1)C(=O)O. The van der Waals surface area contributed by atoms with Crippen molar-refractivity contribution in [3.8, 4) is 0 Å². The fraction of sp³-hybridized carbons (Fsp3) is 0.222. The summed E-state index contributed by atoms with van der Waals surface area (Å²) in [5.41, 5.74) is 0.763. The van der Waals surface area contributed by atoms with E-state index in [-0.39, 0.29) is 0 Å². The molecule has 0 fully saturated rings. The van der Waals surface area contributed by atoms with Gasteiger partial charge in [-0.2, -0.15) is 0 Å². The minimum atomic E-state index is -1.35. The summed E-state index contributed by atoms with van der Waals surface area (Å²) in [6.07, 6.45) is -1.19. The van der Waals surface area contributed by atoms with Gasteiger partial charge in [-0.3, -0.25) is 4.79 Å². The molecule has 3 N–H and O–H groups in total. The van der Waals surface area contributed by atoms with Crippen LogP contribution in [0.3, 0.4) is 0 Å². The van der Waals surface area contributed by atoms with Gasteiger partial charge in [-0.15, -0.1) is 11.8 Å².